The third-order valence-electron chi connectivity index (χ3n) is 4.76. The van der Waals surface area contributed by atoms with Crippen molar-refractivity contribution in [3.05, 3.63) is 50.5 Å². The number of hydrogen-bond acceptors (Lipinski definition) is 8. The highest BCUT2D eigenvalue weighted by Crippen LogP contribution is 2.20. The number of hydrogen-bond donors (Lipinski definition) is 2. The van der Waals surface area contributed by atoms with Gasteiger partial charge in [-0.05, 0) is 26.8 Å². The summed E-state index contributed by atoms with van der Waals surface area (Å²) in [5, 5.41) is 18.5. The molecule has 1 fully saturated rings. The first-order valence-electron chi connectivity index (χ1n) is 9.86. The lowest BCUT2D eigenvalue weighted by atomic mass is 10.1. The van der Waals surface area contributed by atoms with Crippen LogP contribution in [0, 0.1) is 17.0 Å². The predicted molar refractivity (Wildman–Crippen MR) is 116 cm³/mol. The summed E-state index contributed by atoms with van der Waals surface area (Å²) in [6.45, 7) is 7.73. The maximum absolute atomic E-state index is 12.2. The van der Waals surface area contributed by atoms with Crippen LogP contribution in [0.25, 0.3) is 0 Å². The Labute approximate surface area is 183 Å². The van der Waals surface area contributed by atoms with E-state index < -0.39 is 16.7 Å². The summed E-state index contributed by atoms with van der Waals surface area (Å²) in [5.74, 6) is -0.988. The van der Waals surface area contributed by atoms with Gasteiger partial charge in [0.05, 0.1) is 29.4 Å². The zero-order valence-electron chi connectivity index (χ0n) is 17.6. The number of aryl methyl sites for hydroxylation is 1. The van der Waals surface area contributed by atoms with E-state index >= 15 is 0 Å². The molecule has 1 aliphatic rings. The van der Waals surface area contributed by atoms with Gasteiger partial charge < -0.3 is 15.4 Å². The molecule has 10 nitrogen and oxygen atoms in total. The molecular weight excluding hydrogens is 422 g/mol. The molecule has 2 heterocycles. The number of nitro benzene ring substituents is 1. The molecule has 0 saturated carbocycles. The monoisotopic (exact) mass is 447 g/mol. The van der Waals surface area contributed by atoms with E-state index in [-0.39, 0.29) is 30.0 Å². The Balaban J connectivity index is 1.49. The van der Waals surface area contributed by atoms with Gasteiger partial charge in [0.2, 0.25) is 5.91 Å². The number of ether oxygens (including phenoxy) is 1. The van der Waals surface area contributed by atoms with Gasteiger partial charge in [-0.25, -0.2) is 4.98 Å². The molecule has 0 unspecified atom stereocenters. The number of aromatic nitrogens is 1. The molecule has 1 aliphatic heterocycles. The first-order valence-corrected chi connectivity index (χ1v) is 10.7. The minimum atomic E-state index is -0.561. The lowest BCUT2D eigenvalue weighted by Crippen LogP contribution is -2.44. The molecule has 2 aromatic rings. The average molecular weight is 448 g/mol. The van der Waals surface area contributed by atoms with Crippen LogP contribution in [0.5, 0.6) is 0 Å². The quantitative estimate of drug-likeness (QED) is 0.493. The maximum atomic E-state index is 12.2. The summed E-state index contributed by atoms with van der Waals surface area (Å²) >= 11 is 1.32. The van der Waals surface area contributed by atoms with Crippen molar-refractivity contribution in [1.29, 1.82) is 0 Å². The van der Waals surface area contributed by atoms with E-state index in [4.69, 9.17) is 4.74 Å². The zero-order chi connectivity index (χ0) is 22.5. The zero-order valence-corrected chi connectivity index (χ0v) is 18.4. The summed E-state index contributed by atoms with van der Waals surface area (Å²) in [4.78, 5) is 41.6. The van der Waals surface area contributed by atoms with Crippen LogP contribution in [-0.2, 0) is 16.1 Å². The Morgan fingerprint density at radius 2 is 2.03 bits per heavy atom. The van der Waals surface area contributed by atoms with E-state index in [0.717, 1.165) is 18.8 Å². The van der Waals surface area contributed by atoms with Crippen LogP contribution in [-0.4, -0.2) is 58.5 Å². The molecule has 0 bridgehead atoms. The van der Waals surface area contributed by atoms with Gasteiger partial charge in [-0.3, -0.25) is 24.6 Å². The van der Waals surface area contributed by atoms with Gasteiger partial charge in [0.1, 0.15) is 0 Å². The molecule has 2 amide bonds. The van der Waals surface area contributed by atoms with E-state index in [1.165, 1.54) is 29.5 Å². The second kappa shape index (κ2) is 9.94. The third-order valence-corrected chi connectivity index (χ3v) is 5.56. The number of morpholine rings is 1. The van der Waals surface area contributed by atoms with Crippen LogP contribution < -0.4 is 10.6 Å². The van der Waals surface area contributed by atoms with Crippen LogP contribution in [0.15, 0.2) is 23.6 Å². The molecule has 166 valence electrons. The number of carbonyl (C=O) groups is 2. The second-order valence-corrected chi connectivity index (χ2v) is 8.44. The van der Waals surface area contributed by atoms with E-state index in [2.05, 4.69) is 20.5 Å². The molecule has 2 N–H and O–H groups in total. The number of rotatable bonds is 7. The van der Waals surface area contributed by atoms with Crippen molar-refractivity contribution in [3.63, 3.8) is 0 Å². The molecule has 1 saturated heterocycles. The number of nitrogens with zero attached hydrogens (tertiary/aromatic N) is 3. The first kappa shape index (κ1) is 22.8. The number of benzene rings is 1. The van der Waals surface area contributed by atoms with E-state index in [1.807, 2.05) is 19.2 Å². The van der Waals surface area contributed by atoms with Crippen molar-refractivity contribution in [1.82, 2.24) is 15.2 Å². The molecule has 0 radical (unpaired) electrons. The molecule has 11 heteroatoms. The van der Waals surface area contributed by atoms with Crippen LogP contribution in [0.4, 0.5) is 10.8 Å². The van der Waals surface area contributed by atoms with Gasteiger partial charge in [0, 0.05) is 42.2 Å². The number of thiazole rings is 1. The second-order valence-electron chi connectivity index (χ2n) is 7.58. The topological polar surface area (TPSA) is 127 Å². The predicted octanol–water partition coefficient (Wildman–Crippen LogP) is 2.34. The maximum Gasteiger partial charge on any atom is 0.273 e. The van der Waals surface area contributed by atoms with Crippen LogP contribution in [0.3, 0.4) is 0 Å². The minimum Gasteiger partial charge on any atom is -0.373 e. The van der Waals surface area contributed by atoms with Gasteiger partial charge in [-0.1, -0.05) is 6.07 Å². The van der Waals surface area contributed by atoms with Crippen molar-refractivity contribution in [2.75, 3.05) is 25.0 Å². The van der Waals surface area contributed by atoms with Crippen LogP contribution in [0.1, 0.15) is 35.5 Å². The number of anilines is 1. The number of nitro groups is 1. The molecule has 3 rings (SSSR count). The Bertz CT molecular complexity index is 969. The van der Waals surface area contributed by atoms with Gasteiger partial charge in [-0.15, -0.1) is 11.3 Å². The SMILES string of the molecule is Cc1ccc(C(=O)NCC(=O)Nc2nc(CN3C[C@H](C)O[C@@H](C)C3)cs2)cc1[N+](=O)[O-]. The summed E-state index contributed by atoms with van der Waals surface area (Å²) in [5.41, 5.74) is 1.30. The van der Waals surface area contributed by atoms with Gasteiger partial charge in [0.25, 0.3) is 11.6 Å². The van der Waals surface area contributed by atoms with Crippen LogP contribution >= 0.6 is 11.3 Å². The fourth-order valence-electron chi connectivity index (χ4n) is 3.45. The highest BCUT2D eigenvalue weighted by Gasteiger charge is 2.23. The summed E-state index contributed by atoms with van der Waals surface area (Å²) in [6.07, 6.45) is 0.334. The third kappa shape index (κ3) is 6.29. The Kier molecular flexibility index (Phi) is 7.31. The average Bonchev–Trinajstić information content (AvgIpc) is 3.12. The minimum absolute atomic E-state index is 0.121. The molecule has 2 atom stereocenters. The molecule has 1 aromatic heterocycles. The van der Waals surface area contributed by atoms with E-state index in [0.29, 0.717) is 17.2 Å². The largest absolute Gasteiger partial charge is 0.373 e. The standard InChI is InChI=1S/C20H25N5O5S/c1-12-4-5-15(6-17(12)25(28)29)19(27)21-7-18(26)23-20-22-16(11-31-20)10-24-8-13(2)30-14(3)9-24/h4-6,11,13-14H,7-10H2,1-3H3,(H,21,27)(H,22,23,26)/t13-,14-/m0/s1. The summed E-state index contributed by atoms with van der Waals surface area (Å²) < 4.78 is 5.73. The van der Waals surface area contributed by atoms with Crippen LogP contribution in [0.2, 0.25) is 0 Å². The fraction of sp³-hybridized carbons (Fsp3) is 0.450. The van der Waals surface area contributed by atoms with Crippen molar-refractivity contribution < 1.29 is 19.2 Å². The molecule has 31 heavy (non-hydrogen) atoms. The molecule has 0 aliphatic carbocycles. The Morgan fingerprint density at radius 1 is 1.32 bits per heavy atom. The molecule has 1 aromatic carbocycles. The first-order chi connectivity index (χ1) is 14.7. The smallest absolute Gasteiger partial charge is 0.273 e. The number of amides is 2. The van der Waals surface area contributed by atoms with E-state index in [9.17, 15) is 19.7 Å². The normalized spacial score (nSPS) is 19.1. The fourth-order valence-corrected chi connectivity index (χ4v) is 4.17. The Morgan fingerprint density at radius 3 is 2.71 bits per heavy atom. The van der Waals surface area contributed by atoms with Crippen molar-refractivity contribution >= 4 is 34.0 Å². The van der Waals surface area contributed by atoms with Gasteiger partial charge >= 0.3 is 0 Å². The van der Waals surface area contributed by atoms with Gasteiger partial charge in [0.15, 0.2) is 5.13 Å². The molecule has 0 spiro atoms. The highest BCUT2D eigenvalue weighted by molar-refractivity contribution is 7.13. The summed E-state index contributed by atoms with van der Waals surface area (Å²) in [6, 6.07) is 4.18. The van der Waals surface area contributed by atoms with Crippen molar-refractivity contribution in [2.45, 2.75) is 39.5 Å². The Hall–Kier alpha value is -2.89. The lowest BCUT2D eigenvalue weighted by molar-refractivity contribution is -0.385. The number of nitrogens with one attached hydrogen (secondary N) is 2. The van der Waals surface area contributed by atoms with Crippen molar-refractivity contribution in [2.24, 2.45) is 0 Å². The highest BCUT2D eigenvalue weighted by atomic mass is 32.1. The lowest BCUT2D eigenvalue weighted by Gasteiger charge is -2.34. The molecular formula is C20H25N5O5S. The van der Waals surface area contributed by atoms with Crippen molar-refractivity contribution in [3.8, 4) is 0 Å². The van der Waals surface area contributed by atoms with Gasteiger partial charge in [-0.2, -0.15) is 0 Å². The number of carbonyl (C=O) groups excluding carboxylic acids is 2. The summed E-state index contributed by atoms with van der Waals surface area (Å²) in [7, 11) is 0. The van der Waals surface area contributed by atoms with E-state index in [1.54, 1.807) is 6.92 Å².